The normalized spacial score (nSPS) is 14.7. The summed E-state index contributed by atoms with van der Waals surface area (Å²) in [4.78, 5) is 14.7. The van der Waals surface area contributed by atoms with Gasteiger partial charge in [0.15, 0.2) is 0 Å². The molecule has 1 aliphatic heterocycles. The molecule has 4 nitrogen and oxygen atoms in total. The van der Waals surface area contributed by atoms with Gasteiger partial charge < -0.3 is 15.6 Å². The van der Waals surface area contributed by atoms with Crippen molar-refractivity contribution < 1.29 is 9.18 Å². The third-order valence-electron chi connectivity index (χ3n) is 3.58. The van der Waals surface area contributed by atoms with Gasteiger partial charge in [-0.2, -0.15) is 0 Å². The van der Waals surface area contributed by atoms with Gasteiger partial charge in [-0.15, -0.1) is 12.4 Å². The van der Waals surface area contributed by atoms with Gasteiger partial charge in [0.1, 0.15) is 5.82 Å². The molecule has 3 rings (SSSR count). The molecule has 1 saturated heterocycles. The first kappa shape index (κ1) is 14.8. The van der Waals surface area contributed by atoms with Crippen molar-refractivity contribution in [1.29, 1.82) is 0 Å². The van der Waals surface area contributed by atoms with Crippen LogP contribution in [-0.2, 0) is 11.2 Å². The van der Waals surface area contributed by atoms with Crippen LogP contribution in [0.3, 0.4) is 0 Å². The SMILES string of the molecule is Cl.O=C(NCCc1c[nH]c2cc(F)ccc12)C1CNC1. The first-order valence-corrected chi connectivity index (χ1v) is 6.48. The highest BCUT2D eigenvalue weighted by Gasteiger charge is 2.24. The van der Waals surface area contributed by atoms with Crippen LogP contribution in [0.25, 0.3) is 10.9 Å². The standard InChI is InChI=1S/C14H16FN3O.ClH/c15-11-1-2-12-9(8-18-13(12)5-11)3-4-17-14(19)10-6-16-7-10;/h1-2,5,8,10,16,18H,3-4,6-7H2,(H,17,19);1H. The second-order valence-electron chi connectivity index (χ2n) is 4.90. The number of rotatable bonds is 4. The molecular formula is C14H17ClFN3O. The number of benzene rings is 1. The molecular weight excluding hydrogens is 281 g/mol. The minimum Gasteiger partial charge on any atom is -0.361 e. The number of H-pyrrole nitrogens is 1. The summed E-state index contributed by atoms with van der Waals surface area (Å²) >= 11 is 0. The summed E-state index contributed by atoms with van der Waals surface area (Å²) in [5, 5.41) is 7.02. The number of carbonyl (C=O) groups excluding carboxylic acids is 1. The van der Waals surface area contributed by atoms with Gasteiger partial charge in [-0.1, -0.05) is 0 Å². The van der Waals surface area contributed by atoms with E-state index < -0.39 is 0 Å². The molecule has 0 radical (unpaired) electrons. The zero-order valence-corrected chi connectivity index (χ0v) is 11.7. The molecule has 1 fully saturated rings. The summed E-state index contributed by atoms with van der Waals surface area (Å²) in [6, 6.07) is 4.71. The van der Waals surface area contributed by atoms with Gasteiger partial charge in [0, 0.05) is 36.7 Å². The quantitative estimate of drug-likeness (QED) is 0.803. The van der Waals surface area contributed by atoms with Crippen LogP contribution >= 0.6 is 12.4 Å². The fraction of sp³-hybridized carbons (Fsp3) is 0.357. The first-order valence-electron chi connectivity index (χ1n) is 6.48. The maximum absolute atomic E-state index is 13.1. The van der Waals surface area contributed by atoms with Crippen LogP contribution in [0.4, 0.5) is 4.39 Å². The third kappa shape index (κ3) is 2.94. The summed E-state index contributed by atoms with van der Waals surface area (Å²) in [5.41, 5.74) is 1.89. The smallest absolute Gasteiger partial charge is 0.225 e. The van der Waals surface area contributed by atoms with Crippen molar-refractivity contribution in [3.05, 3.63) is 35.8 Å². The summed E-state index contributed by atoms with van der Waals surface area (Å²) in [7, 11) is 0. The third-order valence-corrected chi connectivity index (χ3v) is 3.58. The van der Waals surface area contributed by atoms with Crippen molar-refractivity contribution in [2.45, 2.75) is 6.42 Å². The van der Waals surface area contributed by atoms with Gasteiger partial charge in [0.25, 0.3) is 0 Å². The number of hydrogen-bond acceptors (Lipinski definition) is 2. The molecule has 0 aliphatic carbocycles. The van der Waals surface area contributed by atoms with Gasteiger partial charge in [0.2, 0.25) is 5.91 Å². The predicted molar refractivity (Wildman–Crippen MR) is 78.6 cm³/mol. The molecule has 1 amide bonds. The molecule has 0 unspecified atom stereocenters. The van der Waals surface area contributed by atoms with Crippen LogP contribution in [0.2, 0.25) is 0 Å². The van der Waals surface area contributed by atoms with Crippen LogP contribution in [-0.4, -0.2) is 30.5 Å². The lowest BCUT2D eigenvalue weighted by Crippen LogP contribution is -2.51. The largest absolute Gasteiger partial charge is 0.361 e. The van der Waals surface area contributed by atoms with E-state index in [9.17, 15) is 9.18 Å². The Morgan fingerprint density at radius 2 is 2.20 bits per heavy atom. The Hall–Kier alpha value is -1.59. The van der Waals surface area contributed by atoms with Gasteiger partial charge >= 0.3 is 0 Å². The van der Waals surface area contributed by atoms with Crippen molar-refractivity contribution in [3.8, 4) is 0 Å². The number of nitrogens with one attached hydrogen (secondary N) is 3. The van der Waals surface area contributed by atoms with Gasteiger partial charge in [-0.25, -0.2) is 4.39 Å². The molecule has 1 aromatic heterocycles. The first-order chi connectivity index (χ1) is 9.24. The van der Waals surface area contributed by atoms with E-state index in [1.165, 1.54) is 12.1 Å². The Labute approximate surface area is 122 Å². The van der Waals surface area contributed by atoms with E-state index in [0.717, 1.165) is 36.0 Å². The lowest BCUT2D eigenvalue weighted by atomic mass is 10.0. The molecule has 0 bridgehead atoms. The van der Waals surface area contributed by atoms with Crippen molar-refractivity contribution >= 4 is 29.2 Å². The number of carbonyl (C=O) groups is 1. The molecule has 3 N–H and O–H groups in total. The molecule has 1 aromatic carbocycles. The van der Waals surface area contributed by atoms with E-state index in [1.54, 1.807) is 6.07 Å². The van der Waals surface area contributed by atoms with Crippen molar-refractivity contribution in [2.24, 2.45) is 5.92 Å². The van der Waals surface area contributed by atoms with E-state index in [2.05, 4.69) is 15.6 Å². The average molecular weight is 298 g/mol. The molecule has 2 heterocycles. The Morgan fingerprint density at radius 1 is 1.40 bits per heavy atom. The summed E-state index contributed by atoms with van der Waals surface area (Å²) < 4.78 is 13.1. The van der Waals surface area contributed by atoms with Crippen molar-refractivity contribution in [3.63, 3.8) is 0 Å². The van der Waals surface area contributed by atoms with Gasteiger partial charge in [-0.3, -0.25) is 4.79 Å². The summed E-state index contributed by atoms with van der Waals surface area (Å²) in [5.74, 6) is -0.00612. The van der Waals surface area contributed by atoms with Crippen LogP contribution in [0.5, 0.6) is 0 Å². The Kier molecular flexibility index (Phi) is 4.62. The van der Waals surface area contributed by atoms with E-state index in [1.807, 2.05) is 6.20 Å². The number of aromatic amines is 1. The highest BCUT2D eigenvalue weighted by Crippen LogP contribution is 2.19. The second-order valence-corrected chi connectivity index (χ2v) is 4.90. The minimum absolute atomic E-state index is 0. The zero-order valence-electron chi connectivity index (χ0n) is 10.9. The Morgan fingerprint density at radius 3 is 2.90 bits per heavy atom. The van der Waals surface area contributed by atoms with E-state index in [-0.39, 0.29) is 30.0 Å². The van der Waals surface area contributed by atoms with Crippen LogP contribution < -0.4 is 10.6 Å². The average Bonchev–Trinajstić information content (AvgIpc) is 2.69. The van der Waals surface area contributed by atoms with Crippen molar-refractivity contribution in [2.75, 3.05) is 19.6 Å². The molecule has 108 valence electrons. The fourth-order valence-electron chi connectivity index (χ4n) is 2.30. The maximum Gasteiger partial charge on any atom is 0.225 e. The molecule has 20 heavy (non-hydrogen) atoms. The molecule has 0 spiro atoms. The molecule has 1 aliphatic rings. The number of aromatic nitrogens is 1. The minimum atomic E-state index is -0.244. The summed E-state index contributed by atoms with van der Waals surface area (Å²) in [6.45, 7) is 2.16. The fourth-order valence-corrected chi connectivity index (χ4v) is 2.30. The van der Waals surface area contributed by atoms with E-state index in [4.69, 9.17) is 0 Å². The molecule has 2 aromatic rings. The van der Waals surface area contributed by atoms with Crippen LogP contribution in [0.15, 0.2) is 24.4 Å². The monoisotopic (exact) mass is 297 g/mol. The highest BCUT2D eigenvalue weighted by atomic mass is 35.5. The predicted octanol–water partition coefficient (Wildman–Crippen LogP) is 1.61. The lowest BCUT2D eigenvalue weighted by Gasteiger charge is -2.25. The number of hydrogen-bond donors (Lipinski definition) is 3. The lowest BCUT2D eigenvalue weighted by molar-refractivity contribution is -0.126. The maximum atomic E-state index is 13.1. The topological polar surface area (TPSA) is 56.9 Å². The van der Waals surface area contributed by atoms with Crippen LogP contribution in [0.1, 0.15) is 5.56 Å². The number of amides is 1. The zero-order chi connectivity index (χ0) is 13.2. The van der Waals surface area contributed by atoms with Gasteiger partial charge in [0.05, 0.1) is 5.92 Å². The Balaban J connectivity index is 0.00000147. The second kappa shape index (κ2) is 6.24. The number of halogens is 2. The highest BCUT2D eigenvalue weighted by molar-refractivity contribution is 5.85. The number of fused-ring (bicyclic) bond motifs is 1. The van der Waals surface area contributed by atoms with E-state index in [0.29, 0.717) is 6.54 Å². The summed E-state index contributed by atoms with van der Waals surface area (Å²) in [6.07, 6.45) is 2.62. The molecule has 0 saturated carbocycles. The molecule has 0 atom stereocenters. The van der Waals surface area contributed by atoms with Gasteiger partial charge in [-0.05, 0) is 30.2 Å². The van der Waals surface area contributed by atoms with Crippen molar-refractivity contribution in [1.82, 2.24) is 15.6 Å². The van der Waals surface area contributed by atoms with E-state index >= 15 is 0 Å². The van der Waals surface area contributed by atoms with Crippen LogP contribution in [0, 0.1) is 11.7 Å². The molecule has 6 heteroatoms. The Bertz CT molecular complexity index is 609.